The first-order chi connectivity index (χ1) is 8.79. The van der Waals surface area contributed by atoms with Crippen LogP contribution >= 0.6 is 11.8 Å². The molecular formula is C11H17N3O4S. The Morgan fingerprint density at radius 3 is 2.53 bits per heavy atom. The van der Waals surface area contributed by atoms with Crippen LogP contribution in [0, 0.1) is 10.1 Å². The number of nitro groups is 1. The lowest BCUT2D eigenvalue weighted by Crippen LogP contribution is -2.15. The normalized spacial score (nSPS) is 12.7. The van der Waals surface area contributed by atoms with E-state index in [1.54, 1.807) is 14.0 Å². The minimum atomic E-state index is -0.978. The number of nitrogens with zero attached hydrogens (tertiary/aromatic N) is 3. The first kappa shape index (κ1) is 15.5. The summed E-state index contributed by atoms with van der Waals surface area (Å²) >= 11 is 0.976. The molecule has 0 aromatic carbocycles. The quantitative estimate of drug-likeness (QED) is 0.490. The Morgan fingerprint density at radius 2 is 2.16 bits per heavy atom. The van der Waals surface area contributed by atoms with Gasteiger partial charge in [-0.2, -0.15) is 5.10 Å². The van der Waals surface area contributed by atoms with E-state index < -0.39 is 16.1 Å². The van der Waals surface area contributed by atoms with Gasteiger partial charge in [0.15, 0.2) is 5.03 Å². The summed E-state index contributed by atoms with van der Waals surface area (Å²) in [5.41, 5.74) is 0.303. The molecule has 0 amide bonds. The number of aryl methyl sites for hydroxylation is 1. The van der Waals surface area contributed by atoms with E-state index in [0.29, 0.717) is 17.1 Å². The molecule has 106 valence electrons. The molecule has 0 aliphatic rings. The Balaban J connectivity index is 3.26. The van der Waals surface area contributed by atoms with E-state index in [2.05, 4.69) is 5.10 Å². The minimum absolute atomic E-state index is 0.0813. The van der Waals surface area contributed by atoms with Gasteiger partial charge in [-0.3, -0.25) is 19.6 Å². The zero-order valence-corrected chi connectivity index (χ0v) is 12.1. The van der Waals surface area contributed by atoms with Gasteiger partial charge in [0, 0.05) is 13.0 Å². The number of thioether (sulfide) groups is 1. The molecule has 0 saturated carbocycles. The van der Waals surface area contributed by atoms with Gasteiger partial charge in [0.25, 0.3) is 0 Å². The van der Waals surface area contributed by atoms with Crippen LogP contribution in [0.3, 0.4) is 0 Å². The van der Waals surface area contributed by atoms with E-state index in [0.717, 1.165) is 11.8 Å². The van der Waals surface area contributed by atoms with E-state index in [1.807, 2.05) is 13.8 Å². The number of aromatic nitrogens is 2. The predicted octanol–water partition coefficient (Wildman–Crippen LogP) is 2.41. The molecule has 1 rings (SSSR count). The first-order valence-electron chi connectivity index (χ1n) is 5.90. The summed E-state index contributed by atoms with van der Waals surface area (Å²) in [7, 11) is 1.59. The van der Waals surface area contributed by atoms with Crippen LogP contribution < -0.4 is 0 Å². The van der Waals surface area contributed by atoms with E-state index in [4.69, 9.17) is 5.11 Å². The van der Waals surface area contributed by atoms with Crippen LogP contribution in [-0.2, 0) is 11.8 Å². The summed E-state index contributed by atoms with van der Waals surface area (Å²) in [6, 6.07) is 0. The summed E-state index contributed by atoms with van der Waals surface area (Å²) < 4.78 is 1.39. The molecule has 0 fully saturated rings. The molecule has 1 aromatic rings. The van der Waals surface area contributed by atoms with Crippen LogP contribution in [0.1, 0.15) is 38.8 Å². The molecule has 0 aliphatic carbocycles. The van der Waals surface area contributed by atoms with Crippen molar-refractivity contribution in [1.82, 2.24) is 9.78 Å². The topological polar surface area (TPSA) is 98.3 Å². The molecule has 8 heteroatoms. The van der Waals surface area contributed by atoms with Crippen LogP contribution in [-0.4, -0.2) is 31.0 Å². The van der Waals surface area contributed by atoms with Crippen molar-refractivity contribution in [2.45, 2.75) is 43.4 Å². The predicted molar refractivity (Wildman–Crippen MR) is 71.5 cm³/mol. The van der Waals surface area contributed by atoms with Crippen LogP contribution in [0.2, 0.25) is 0 Å². The monoisotopic (exact) mass is 287 g/mol. The Labute approximate surface area is 115 Å². The third-order valence-electron chi connectivity index (χ3n) is 2.63. The average Bonchev–Trinajstić information content (AvgIpc) is 2.63. The largest absolute Gasteiger partial charge is 0.480 e. The molecule has 0 spiro atoms. The van der Waals surface area contributed by atoms with Gasteiger partial charge in [0.2, 0.25) is 0 Å². The molecule has 1 atom stereocenters. The fraction of sp³-hybridized carbons (Fsp3) is 0.636. The second kappa shape index (κ2) is 6.05. The van der Waals surface area contributed by atoms with Gasteiger partial charge in [-0.25, -0.2) is 0 Å². The van der Waals surface area contributed by atoms with E-state index >= 15 is 0 Å². The Bertz CT molecular complexity index is 498. The van der Waals surface area contributed by atoms with Crippen molar-refractivity contribution in [3.63, 3.8) is 0 Å². The fourth-order valence-electron chi connectivity index (χ4n) is 1.65. The fourth-order valence-corrected chi connectivity index (χ4v) is 2.67. The number of carbonyl (C=O) groups is 1. The van der Waals surface area contributed by atoms with Crippen LogP contribution in [0.25, 0.3) is 0 Å². The number of aliphatic carboxylic acids is 1. The molecule has 0 aliphatic heterocycles. The van der Waals surface area contributed by atoms with Gasteiger partial charge < -0.3 is 5.11 Å². The average molecular weight is 287 g/mol. The Morgan fingerprint density at radius 1 is 1.58 bits per heavy atom. The molecule has 1 heterocycles. The van der Waals surface area contributed by atoms with Crippen molar-refractivity contribution in [3.05, 3.63) is 15.8 Å². The summed E-state index contributed by atoms with van der Waals surface area (Å²) in [5.74, 6) is -1.07. The molecule has 0 saturated heterocycles. The van der Waals surface area contributed by atoms with E-state index in [-0.39, 0.29) is 11.6 Å². The lowest BCUT2D eigenvalue weighted by molar-refractivity contribution is -0.388. The second-order valence-corrected chi connectivity index (χ2v) is 5.62. The molecule has 1 unspecified atom stereocenters. The van der Waals surface area contributed by atoms with Gasteiger partial charge >= 0.3 is 11.7 Å². The molecule has 0 bridgehead atoms. The van der Waals surface area contributed by atoms with Crippen molar-refractivity contribution in [2.75, 3.05) is 0 Å². The number of carboxylic acids is 1. The minimum Gasteiger partial charge on any atom is -0.480 e. The number of hydrogen-bond acceptors (Lipinski definition) is 5. The maximum absolute atomic E-state index is 11.2. The zero-order valence-electron chi connectivity index (χ0n) is 11.3. The maximum atomic E-state index is 11.2. The van der Waals surface area contributed by atoms with E-state index in [9.17, 15) is 14.9 Å². The summed E-state index contributed by atoms with van der Waals surface area (Å²) in [6.07, 6.45) is 0.388. The molecule has 1 aromatic heterocycles. The van der Waals surface area contributed by atoms with Crippen molar-refractivity contribution in [2.24, 2.45) is 7.05 Å². The lowest BCUT2D eigenvalue weighted by Gasteiger charge is -2.08. The van der Waals surface area contributed by atoms with Gasteiger partial charge in [0.1, 0.15) is 10.9 Å². The highest BCUT2D eigenvalue weighted by Gasteiger charge is 2.31. The molecular weight excluding hydrogens is 270 g/mol. The highest BCUT2D eigenvalue weighted by Crippen LogP contribution is 2.38. The highest BCUT2D eigenvalue weighted by atomic mass is 32.2. The standard InChI is InChI=1S/C11H17N3O4S/c1-5-7(11(15)16)19-10-9(14(17)18)8(6(2)3)12-13(10)4/h6-7H,5H2,1-4H3,(H,15,16). The van der Waals surface area contributed by atoms with Crippen LogP contribution in [0.4, 0.5) is 5.69 Å². The smallest absolute Gasteiger partial charge is 0.324 e. The van der Waals surface area contributed by atoms with Crippen LogP contribution in [0.5, 0.6) is 0 Å². The Kier molecular flexibility index (Phi) is 4.93. The summed E-state index contributed by atoms with van der Waals surface area (Å²) in [4.78, 5) is 21.8. The maximum Gasteiger partial charge on any atom is 0.324 e. The van der Waals surface area contributed by atoms with Crippen molar-refractivity contribution >= 4 is 23.4 Å². The number of rotatable bonds is 6. The second-order valence-electron chi connectivity index (χ2n) is 4.43. The van der Waals surface area contributed by atoms with Crippen molar-refractivity contribution in [1.29, 1.82) is 0 Å². The third kappa shape index (κ3) is 3.25. The third-order valence-corrected chi connectivity index (χ3v) is 4.13. The van der Waals surface area contributed by atoms with Gasteiger partial charge in [0.05, 0.1) is 4.92 Å². The number of hydrogen-bond donors (Lipinski definition) is 1. The van der Waals surface area contributed by atoms with Gasteiger partial charge in [-0.15, -0.1) is 0 Å². The Hall–Kier alpha value is -1.57. The van der Waals surface area contributed by atoms with Crippen LogP contribution in [0.15, 0.2) is 5.03 Å². The highest BCUT2D eigenvalue weighted by molar-refractivity contribution is 8.00. The zero-order chi connectivity index (χ0) is 14.7. The first-order valence-corrected chi connectivity index (χ1v) is 6.78. The molecule has 19 heavy (non-hydrogen) atoms. The van der Waals surface area contributed by atoms with E-state index in [1.165, 1.54) is 4.68 Å². The molecule has 1 N–H and O–H groups in total. The summed E-state index contributed by atoms with van der Waals surface area (Å²) in [6.45, 7) is 5.37. The summed E-state index contributed by atoms with van der Waals surface area (Å²) in [5, 5.41) is 24.0. The number of carboxylic acid groups (broad SMARTS) is 1. The van der Waals surface area contributed by atoms with Gasteiger partial charge in [-0.1, -0.05) is 32.5 Å². The SMILES string of the molecule is CCC(Sc1c([N+](=O)[O-])c(C(C)C)nn1C)C(=O)O. The van der Waals surface area contributed by atoms with Crippen molar-refractivity contribution in [3.8, 4) is 0 Å². The molecule has 0 radical (unpaired) electrons. The molecule has 7 nitrogen and oxygen atoms in total. The van der Waals surface area contributed by atoms with Gasteiger partial charge in [-0.05, 0) is 6.42 Å². The lowest BCUT2D eigenvalue weighted by atomic mass is 10.1. The van der Waals surface area contributed by atoms with Crippen molar-refractivity contribution < 1.29 is 14.8 Å².